The topological polar surface area (TPSA) is 76.5 Å². The molecule has 0 bridgehead atoms. The lowest BCUT2D eigenvalue weighted by molar-refractivity contribution is -0.135. The van der Waals surface area contributed by atoms with Crippen molar-refractivity contribution < 1.29 is 14.3 Å². The van der Waals surface area contributed by atoms with E-state index >= 15 is 0 Å². The van der Waals surface area contributed by atoms with E-state index in [1.807, 2.05) is 6.07 Å². The Kier molecular flexibility index (Phi) is 6.15. The van der Waals surface area contributed by atoms with E-state index in [1.165, 1.54) is 0 Å². The molecule has 1 aromatic heterocycles. The Labute approximate surface area is 137 Å². The molecule has 0 aromatic carbocycles. The van der Waals surface area contributed by atoms with E-state index in [0.29, 0.717) is 38.6 Å². The molecule has 1 aliphatic heterocycles. The van der Waals surface area contributed by atoms with Gasteiger partial charge in [-0.3, -0.25) is 14.3 Å². The number of nitrogens with one attached hydrogen (secondary N) is 1. The Morgan fingerprint density at radius 3 is 2.96 bits per heavy atom. The van der Waals surface area contributed by atoms with Crippen LogP contribution in [0.4, 0.5) is 0 Å². The van der Waals surface area contributed by atoms with Gasteiger partial charge in [0.25, 0.3) is 0 Å². The Balaban J connectivity index is 2.04. The molecule has 1 aromatic rings. The van der Waals surface area contributed by atoms with E-state index in [2.05, 4.69) is 24.3 Å². The molecule has 0 spiro atoms. The van der Waals surface area contributed by atoms with Crippen LogP contribution in [0.15, 0.2) is 12.3 Å². The van der Waals surface area contributed by atoms with Gasteiger partial charge in [0.2, 0.25) is 11.8 Å². The van der Waals surface area contributed by atoms with Gasteiger partial charge in [0, 0.05) is 26.3 Å². The highest BCUT2D eigenvalue weighted by atomic mass is 16.5. The minimum absolute atomic E-state index is 0.0980. The third-order valence-electron chi connectivity index (χ3n) is 3.99. The molecule has 128 valence electrons. The van der Waals surface area contributed by atoms with Gasteiger partial charge >= 0.3 is 0 Å². The molecule has 1 N–H and O–H groups in total. The van der Waals surface area contributed by atoms with Gasteiger partial charge in [-0.15, -0.1) is 0 Å². The molecule has 2 rings (SSSR count). The lowest BCUT2D eigenvalue weighted by atomic mass is 10.1. The maximum absolute atomic E-state index is 12.4. The molecular weight excluding hydrogens is 296 g/mol. The van der Waals surface area contributed by atoms with Gasteiger partial charge in [0.05, 0.1) is 25.4 Å². The van der Waals surface area contributed by atoms with Gasteiger partial charge in [-0.1, -0.05) is 13.8 Å². The van der Waals surface area contributed by atoms with Crippen molar-refractivity contribution in [2.45, 2.75) is 39.3 Å². The van der Waals surface area contributed by atoms with Gasteiger partial charge in [-0.2, -0.15) is 5.10 Å². The fraction of sp³-hybridized carbons (Fsp3) is 0.688. The zero-order valence-corrected chi connectivity index (χ0v) is 14.1. The van der Waals surface area contributed by atoms with E-state index in [4.69, 9.17) is 4.74 Å². The number of fused-ring (bicyclic) bond motifs is 1. The minimum atomic E-state index is -0.478. The monoisotopic (exact) mass is 322 g/mol. The fourth-order valence-corrected chi connectivity index (χ4v) is 2.64. The third-order valence-corrected chi connectivity index (χ3v) is 3.99. The Morgan fingerprint density at radius 2 is 2.26 bits per heavy atom. The van der Waals surface area contributed by atoms with Crippen LogP contribution in [0, 0.1) is 5.92 Å². The first-order valence-electron chi connectivity index (χ1n) is 8.09. The molecular formula is C16H26N4O3. The number of nitrogens with zero attached hydrogens (tertiary/aromatic N) is 3. The largest absolute Gasteiger partial charge is 0.383 e. The summed E-state index contributed by atoms with van der Waals surface area (Å²) in [5.74, 6) is 0.455. The zero-order valence-electron chi connectivity index (χ0n) is 14.1. The second-order valence-corrected chi connectivity index (χ2v) is 6.27. The van der Waals surface area contributed by atoms with Crippen LogP contribution >= 0.6 is 0 Å². The van der Waals surface area contributed by atoms with Gasteiger partial charge in [0.15, 0.2) is 0 Å². The van der Waals surface area contributed by atoms with Crippen molar-refractivity contribution in [1.29, 1.82) is 0 Å². The molecule has 0 saturated heterocycles. The molecule has 0 radical (unpaired) electrons. The van der Waals surface area contributed by atoms with E-state index in [1.54, 1.807) is 22.9 Å². The molecule has 2 amide bonds. The third kappa shape index (κ3) is 4.54. The number of hydrogen-bond donors (Lipinski definition) is 1. The van der Waals surface area contributed by atoms with Crippen molar-refractivity contribution in [1.82, 2.24) is 20.0 Å². The summed E-state index contributed by atoms with van der Waals surface area (Å²) in [5.41, 5.74) is 0.890. The highest BCUT2D eigenvalue weighted by molar-refractivity contribution is 5.82. The van der Waals surface area contributed by atoms with Crippen LogP contribution < -0.4 is 5.32 Å². The number of amides is 2. The van der Waals surface area contributed by atoms with E-state index in [9.17, 15) is 9.59 Å². The molecule has 2 heterocycles. The molecule has 0 aliphatic carbocycles. The molecule has 7 heteroatoms. The average Bonchev–Trinajstić information content (AvgIpc) is 3.00. The Hall–Kier alpha value is -1.89. The van der Waals surface area contributed by atoms with Crippen molar-refractivity contribution in [2.24, 2.45) is 5.92 Å². The summed E-state index contributed by atoms with van der Waals surface area (Å²) in [7, 11) is 1.59. The maximum atomic E-state index is 12.4. The predicted molar refractivity (Wildman–Crippen MR) is 85.6 cm³/mol. The van der Waals surface area contributed by atoms with Gasteiger partial charge in [-0.25, -0.2) is 0 Å². The Bertz CT molecular complexity index is 541. The first-order chi connectivity index (χ1) is 11.0. The summed E-state index contributed by atoms with van der Waals surface area (Å²) >= 11 is 0. The predicted octanol–water partition coefficient (Wildman–Crippen LogP) is 0.965. The molecule has 7 nitrogen and oxygen atoms in total. The van der Waals surface area contributed by atoms with Crippen molar-refractivity contribution in [2.75, 3.05) is 26.8 Å². The molecule has 1 aliphatic rings. The zero-order chi connectivity index (χ0) is 16.8. The van der Waals surface area contributed by atoms with Crippen LogP contribution in [0.25, 0.3) is 0 Å². The van der Waals surface area contributed by atoms with Crippen molar-refractivity contribution in [3.8, 4) is 0 Å². The van der Waals surface area contributed by atoms with E-state index in [0.717, 1.165) is 12.1 Å². The number of rotatable bonds is 7. The van der Waals surface area contributed by atoms with Crippen LogP contribution in [0.2, 0.25) is 0 Å². The quantitative estimate of drug-likeness (QED) is 0.759. The van der Waals surface area contributed by atoms with Gasteiger partial charge < -0.3 is 15.0 Å². The molecule has 23 heavy (non-hydrogen) atoms. The SMILES string of the molecule is COCCNC(=O)C1CN(C(=O)CCC(C)C)Cc2ccnn21. The van der Waals surface area contributed by atoms with Crippen molar-refractivity contribution in [3.05, 3.63) is 18.0 Å². The van der Waals surface area contributed by atoms with Gasteiger partial charge in [-0.05, 0) is 18.4 Å². The number of carbonyl (C=O) groups excluding carboxylic acids is 2. The van der Waals surface area contributed by atoms with Crippen LogP contribution in [0.5, 0.6) is 0 Å². The maximum Gasteiger partial charge on any atom is 0.246 e. The summed E-state index contributed by atoms with van der Waals surface area (Å²) in [4.78, 5) is 26.6. The first kappa shape index (κ1) is 17.5. The number of aromatic nitrogens is 2. The van der Waals surface area contributed by atoms with E-state index in [-0.39, 0.29) is 11.8 Å². The van der Waals surface area contributed by atoms with Crippen LogP contribution in [-0.2, 0) is 20.9 Å². The average molecular weight is 322 g/mol. The molecule has 0 saturated carbocycles. The summed E-state index contributed by atoms with van der Waals surface area (Å²) in [6.07, 6.45) is 3.05. The summed E-state index contributed by atoms with van der Waals surface area (Å²) in [6, 6.07) is 1.38. The molecule has 1 unspecified atom stereocenters. The molecule has 1 atom stereocenters. The summed E-state index contributed by atoms with van der Waals surface area (Å²) < 4.78 is 6.66. The second kappa shape index (κ2) is 8.10. The summed E-state index contributed by atoms with van der Waals surface area (Å²) in [6.45, 7) is 5.99. The molecule has 0 fully saturated rings. The lowest BCUT2D eigenvalue weighted by Gasteiger charge is -2.33. The van der Waals surface area contributed by atoms with Crippen molar-refractivity contribution in [3.63, 3.8) is 0 Å². The Morgan fingerprint density at radius 1 is 1.48 bits per heavy atom. The smallest absolute Gasteiger partial charge is 0.246 e. The number of hydrogen-bond acceptors (Lipinski definition) is 4. The second-order valence-electron chi connectivity index (χ2n) is 6.27. The standard InChI is InChI=1S/C16H26N4O3/c1-12(2)4-5-15(21)19-10-13-6-7-18-20(13)14(11-19)16(22)17-8-9-23-3/h6-7,12,14H,4-5,8-11H2,1-3H3,(H,17,22). The van der Waals surface area contributed by atoms with Crippen LogP contribution in [0.3, 0.4) is 0 Å². The van der Waals surface area contributed by atoms with E-state index < -0.39 is 6.04 Å². The normalized spacial score (nSPS) is 17.2. The van der Waals surface area contributed by atoms with Crippen molar-refractivity contribution >= 4 is 11.8 Å². The highest BCUT2D eigenvalue weighted by Crippen LogP contribution is 2.22. The van der Waals surface area contributed by atoms with Crippen LogP contribution in [0.1, 0.15) is 38.4 Å². The fourth-order valence-electron chi connectivity index (χ4n) is 2.64. The van der Waals surface area contributed by atoms with Gasteiger partial charge in [0.1, 0.15) is 6.04 Å². The number of methoxy groups -OCH3 is 1. The summed E-state index contributed by atoms with van der Waals surface area (Å²) in [5, 5.41) is 7.07. The number of carbonyl (C=O) groups is 2. The first-order valence-corrected chi connectivity index (χ1v) is 8.09. The highest BCUT2D eigenvalue weighted by Gasteiger charge is 2.32. The number of ether oxygens (including phenoxy) is 1. The lowest BCUT2D eigenvalue weighted by Crippen LogP contribution is -2.47. The van der Waals surface area contributed by atoms with Crippen LogP contribution in [-0.4, -0.2) is 53.3 Å². The minimum Gasteiger partial charge on any atom is -0.383 e.